The number of carbonyl (C=O) groups is 2. The molecule has 1 aromatic carbocycles. The molecule has 5 nitrogen and oxygen atoms in total. The van der Waals surface area contributed by atoms with Crippen molar-refractivity contribution in [2.75, 3.05) is 6.54 Å². The Balaban J connectivity index is 1.65. The molecule has 1 aromatic heterocycles. The molecule has 1 atom stereocenters. The van der Waals surface area contributed by atoms with Gasteiger partial charge in [0.1, 0.15) is 6.04 Å². The molecule has 1 aliphatic rings. The van der Waals surface area contributed by atoms with Crippen LogP contribution >= 0.6 is 0 Å². The van der Waals surface area contributed by atoms with Crippen LogP contribution in [0, 0.1) is 6.92 Å². The van der Waals surface area contributed by atoms with Crippen LogP contribution in [0.2, 0.25) is 0 Å². The zero-order valence-electron chi connectivity index (χ0n) is 13.2. The van der Waals surface area contributed by atoms with Crippen molar-refractivity contribution in [3.05, 3.63) is 59.4 Å². The molecular formula is C18H21N3O2. The van der Waals surface area contributed by atoms with Crippen molar-refractivity contribution in [1.82, 2.24) is 15.2 Å². The van der Waals surface area contributed by atoms with Crippen LogP contribution in [-0.4, -0.2) is 34.3 Å². The molecule has 0 bridgehead atoms. The molecule has 2 amide bonds. The summed E-state index contributed by atoms with van der Waals surface area (Å²) in [7, 11) is 0. The molecule has 1 aliphatic heterocycles. The highest BCUT2D eigenvalue weighted by molar-refractivity contribution is 5.98. The van der Waals surface area contributed by atoms with Gasteiger partial charge in [-0.25, -0.2) is 0 Å². The van der Waals surface area contributed by atoms with Crippen LogP contribution in [0.25, 0.3) is 0 Å². The molecule has 2 heterocycles. The Morgan fingerprint density at radius 2 is 2.09 bits per heavy atom. The van der Waals surface area contributed by atoms with Crippen molar-refractivity contribution < 1.29 is 9.59 Å². The fourth-order valence-corrected chi connectivity index (χ4v) is 2.97. The van der Waals surface area contributed by atoms with Crippen LogP contribution in [-0.2, 0) is 11.3 Å². The molecule has 120 valence electrons. The number of nitrogens with zero attached hydrogens (tertiary/aromatic N) is 1. The third-order valence-corrected chi connectivity index (χ3v) is 4.25. The van der Waals surface area contributed by atoms with Crippen molar-refractivity contribution in [1.29, 1.82) is 0 Å². The summed E-state index contributed by atoms with van der Waals surface area (Å²) in [5, 5.41) is 2.88. The number of piperidine rings is 1. The molecule has 1 fully saturated rings. The maximum Gasteiger partial charge on any atom is 0.253 e. The summed E-state index contributed by atoms with van der Waals surface area (Å²) in [4.78, 5) is 29.7. The van der Waals surface area contributed by atoms with Gasteiger partial charge in [-0.1, -0.05) is 30.3 Å². The Bertz CT molecular complexity index is 693. The van der Waals surface area contributed by atoms with Crippen molar-refractivity contribution in [2.24, 2.45) is 0 Å². The van der Waals surface area contributed by atoms with Gasteiger partial charge in [-0.3, -0.25) is 9.59 Å². The number of aromatic nitrogens is 1. The molecule has 1 unspecified atom stereocenters. The molecule has 23 heavy (non-hydrogen) atoms. The van der Waals surface area contributed by atoms with Gasteiger partial charge in [0.05, 0.1) is 5.56 Å². The van der Waals surface area contributed by atoms with Gasteiger partial charge in [0.2, 0.25) is 5.91 Å². The Labute approximate surface area is 135 Å². The average molecular weight is 311 g/mol. The summed E-state index contributed by atoms with van der Waals surface area (Å²) >= 11 is 0. The van der Waals surface area contributed by atoms with Gasteiger partial charge in [-0.05, 0) is 31.4 Å². The lowest BCUT2D eigenvalue weighted by Crippen LogP contribution is -2.51. The fraction of sp³-hybridized carbons (Fsp3) is 0.333. The van der Waals surface area contributed by atoms with E-state index in [1.807, 2.05) is 42.2 Å². The summed E-state index contributed by atoms with van der Waals surface area (Å²) in [5.41, 5.74) is 2.51. The summed E-state index contributed by atoms with van der Waals surface area (Å²) in [5.74, 6) is -0.190. The van der Waals surface area contributed by atoms with Crippen LogP contribution < -0.4 is 5.32 Å². The minimum atomic E-state index is -0.436. The number of aryl methyl sites for hydroxylation is 1. The first-order valence-electron chi connectivity index (χ1n) is 7.92. The van der Waals surface area contributed by atoms with E-state index in [0.29, 0.717) is 18.5 Å². The van der Waals surface area contributed by atoms with E-state index >= 15 is 0 Å². The van der Waals surface area contributed by atoms with E-state index in [0.717, 1.165) is 24.2 Å². The molecule has 5 heteroatoms. The van der Waals surface area contributed by atoms with E-state index in [1.165, 1.54) is 0 Å². The second-order valence-electron chi connectivity index (χ2n) is 5.93. The third kappa shape index (κ3) is 3.44. The van der Waals surface area contributed by atoms with Gasteiger partial charge in [0, 0.05) is 25.0 Å². The van der Waals surface area contributed by atoms with Gasteiger partial charge >= 0.3 is 0 Å². The molecule has 0 saturated carbocycles. The lowest BCUT2D eigenvalue weighted by Gasteiger charge is -2.32. The minimum Gasteiger partial charge on any atom is -0.365 e. The topological polar surface area (TPSA) is 65.2 Å². The van der Waals surface area contributed by atoms with E-state index in [9.17, 15) is 9.59 Å². The summed E-state index contributed by atoms with van der Waals surface area (Å²) in [6, 6.07) is 11.2. The van der Waals surface area contributed by atoms with Gasteiger partial charge in [0.15, 0.2) is 0 Å². The predicted octanol–water partition coefficient (Wildman–Crippen LogP) is 2.24. The van der Waals surface area contributed by atoms with Crippen LogP contribution in [0.1, 0.15) is 34.5 Å². The molecule has 1 saturated heterocycles. The zero-order valence-corrected chi connectivity index (χ0v) is 13.2. The standard InChI is InChI=1S/C18H21N3O2/c1-13-15(9-10-19-13)17(22)20-16-8-5-11-21(18(16)23)12-14-6-3-2-4-7-14/h2-4,6-7,9-10,16,19H,5,8,11-12H2,1H3,(H,20,22). The molecule has 3 rings (SSSR count). The Kier molecular flexibility index (Phi) is 4.46. The smallest absolute Gasteiger partial charge is 0.253 e. The fourth-order valence-electron chi connectivity index (χ4n) is 2.97. The predicted molar refractivity (Wildman–Crippen MR) is 87.9 cm³/mol. The van der Waals surface area contributed by atoms with Gasteiger partial charge in [-0.15, -0.1) is 0 Å². The van der Waals surface area contributed by atoms with Crippen LogP contribution in [0.3, 0.4) is 0 Å². The van der Waals surface area contributed by atoms with Gasteiger partial charge in [-0.2, -0.15) is 0 Å². The van der Waals surface area contributed by atoms with E-state index in [1.54, 1.807) is 12.3 Å². The van der Waals surface area contributed by atoms with Crippen LogP contribution in [0.5, 0.6) is 0 Å². The van der Waals surface area contributed by atoms with Gasteiger partial charge < -0.3 is 15.2 Å². The lowest BCUT2D eigenvalue weighted by molar-refractivity contribution is -0.136. The quantitative estimate of drug-likeness (QED) is 0.909. The number of hydrogen-bond acceptors (Lipinski definition) is 2. The van der Waals surface area contributed by atoms with E-state index in [4.69, 9.17) is 0 Å². The number of aromatic amines is 1. The highest BCUT2D eigenvalue weighted by Gasteiger charge is 2.30. The van der Waals surface area contributed by atoms with Crippen molar-refractivity contribution in [3.63, 3.8) is 0 Å². The first kappa shape index (κ1) is 15.3. The molecule has 2 aromatic rings. The third-order valence-electron chi connectivity index (χ3n) is 4.25. The monoisotopic (exact) mass is 311 g/mol. The largest absolute Gasteiger partial charge is 0.365 e. The second-order valence-corrected chi connectivity index (χ2v) is 5.93. The number of benzene rings is 1. The van der Waals surface area contributed by atoms with Crippen molar-refractivity contribution in [2.45, 2.75) is 32.4 Å². The summed E-state index contributed by atoms with van der Waals surface area (Å²) in [6.45, 7) is 3.18. The van der Waals surface area contributed by atoms with Crippen molar-refractivity contribution >= 4 is 11.8 Å². The van der Waals surface area contributed by atoms with E-state index in [-0.39, 0.29) is 11.8 Å². The molecule has 0 radical (unpaired) electrons. The number of hydrogen-bond donors (Lipinski definition) is 2. The average Bonchev–Trinajstić information content (AvgIpc) is 2.98. The number of rotatable bonds is 4. The number of likely N-dealkylation sites (tertiary alicyclic amines) is 1. The normalized spacial score (nSPS) is 18.0. The Hall–Kier alpha value is -2.56. The highest BCUT2D eigenvalue weighted by Crippen LogP contribution is 2.16. The number of H-pyrrole nitrogens is 1. The van der Waals surface area contributed by atoms with Crippen LogP contribution in [0.4, 0.5) is 0 Å². The first-order valence-corrected chi connectivity index (χ1v) is 7.92. The minimum absolute atomic E-state index is 0.00152. The second kappa shape index (κ2) is 6.69. The van der Waals surface area contributed by atoms with E-state index < -0.39 is 6.04 Å². The van der Waals surface area contributed by atoms with Crippen LogP contribution in [0.15, 0.2) is 42.6 Å². The zero-order chi connectivity index (χ0) is 16.2. The number of nitrogens with one attached hydrogen (secondary N) is 2. The summed E-state index contributed by atoms with van der Waals surface area (Å²) in [6.07, 6.45) is 3.32. The molecule has 2 N–H and O–H groups in total. The SMILES string of the molecule is Cc1[nH]ccc1C(=O)NC1CCCN(Cc2ccccc2)C1=O. The molecule has 0 aliphatic carbocycles. The number of carbonyl (C=O) groups excluding carboxylic acids is 2. The number of amides is 2. The maximum atomic E-state index is 12.6. The first-order chi connectivity index (χ1) is 11.1. The van der Waals surface area contributed by atoms with Crippen molar-refractivity contribution in [3.8, 4) is 0 Å². The Morgan fingerprint density at radius 1 is 1.30 bits per heavy atom. The van der Waals surface area contributed by atoms with E-state index in [2.05, 4.69) is 10.3 Å². The molecule has 0 spiro atoms. The lowest BCUT2D eigenvalue weighted by atomic mass is 10.0. The summed E-state index contributed by atoms with van der Waals surface area (Å²) < 4.78 is 0. The van der Waals surface area contributed by atoms with Gasteiger partial charge in [0.25, 0.3) is 5.91 Å². The highest BCUT2D eigenvalue weighted by atomic mass is 16.2. The molecular weight excluding hydrogens is 290 g/mol. The maximum absolute atomic E-state index is 12.6. The Morgan fingerprint density at radius 3 is 2.78 bits per heavy atom.